The maximum atomic E-state index is 5.52. The van der Waals surface area contributed by atoms with Crippen LogP contribution in [0.4, 0.5) is 0 Å². The molecule has 0 aromatic rings. The molecule has 0 atom stereocenters. The van der Waals surface area contributed by atoms with E-state index in [0.717, 1.165) is 6.42 Å². The van der Waals surface area contributed by atoms with Crippen LogP contribution in [0.15, 0.2) is 21.2 Å². The zero-order chi connectivity index (χ0) is 8.48. The largest absolute Gasteiger partial charge is 0.147 e. The molecule has 0 aliphatic heterocycles. The van der Waals surface area contributed by atoms with Crippen molar-refractivity contribution in [2.75, 3.05) is 7.11 Å². The van der Waals surface area contributed by atoms with Gasteiger partial charge in [-0.05, 0) is 0 Å². The topological polar surface area (TPSA) is 9.23 Å². The molecule has 5 heteroatoms. The van der Waals surface area contributed by atoms with E-state index >= 15 is 0 Å². The van der Waals surface area contributed by atoms with Gasteiger partial charge in [-0.2, -0.15) is 0 Å². The molecule has 75 valence electrons. The first-order valence-corrected chi connectivity index (χ1v) is 7.44. The monoisotopic (exact) mass is 273 g/mol. The average Bonchev–Trinajstić information content (AvgIpc) is 2.36. The molecule has 1 aliphatic rings. The predicted octanol–water partition coefficient (Wildman–Crippen LogP) is 2.98. The zero-order valence-electron chi connectivity index (χ0n) is 8.09. The first kappa shape index (κ1) is 16.4. The molecule has 0 radical (unpaired) electrons. The quantitative estimate of drug-likeness (QED) is 0.703. The van der Waals surface area contributed by atoms with Gasteiger partial charge in [-0.3, -0.25) is 0 Å². The van der Waals surface area contributed by atoms with E-state index in [4.69, 9.17) is 4.43 Å². The molecule has 0 spiro atoms. The van der Waals surface area contributed by atoms with Crippen LogP contribution in [0.2, 0.25) is 13.1 Å². The van der Waals surface area contributed by atoms with Crippen molar-refractivity contribution in [1.82, 2.24) is 0 Å². The van der Waals surface area contributed by atoms with Gasteiger partial charge in [0.15, 0.2) is 0 Å². The molecule has 1 rings (SSSR count). The summed E-state index contributed by atoms with van der Waals surface area (Å²) in [6.45, 7) is 4.48. The molecule has 0 saturated heterocycles. The third kappa shape index (κ3) is 3.90. The first-order chi connectivity index (χ1) is 5.08. The van der Waals surface area contributed by atoms with Crippen molar-refractivity contribution in [2.45, 2.75) is 19.5 Å². The summed E-state index contributed by atoms with van der Waals surface area (Å²) in [6, 6.07) is 0. The number of rotatable bonds is 2. The van der Waals surface area contributed by atoms with Crippen molar-refractivity contribution >= 4 is 33.1 Å². The minimum absolute atomic E-state index is 0. The zero-order valence-corrected chi connectivity index (χ0v) is 12.3. The van der Waals surface area contributed by atoms with Crippen LogP contribution >= 0.6 is 24.8 Å². The standard InChI is InChI=1S/C8H13OSi.2ClH.Ti/c1-9-10(2,3)8-6-4-5-7-8;;;/h4,6H,5H2,1-3H3;2*1H;. The molecule has 0 N–H and O–H groups in total. The Bertz CT molecular complexity index is 226. The normalized spacial score (nSPS) is 15.2. The Morgan fingerprint density at radius 1 is 1.38 bits per heavy atom. The number of halogens is 2. The predicted molar refractivity (Wildman–Crippen MR) is 59.8 cm³/mol. The molecule has 1 aliphatic carbocycles. The maximum Gasteiger partial charge on any atom is -0.147 e. The summed E-state index contributed by atoms with van der Waals surface area (Å²) in [6.07, 6.45) is 5.57. The Hall–Kier alpha value is 0.951. The van der Waals surface area contributed by atoms with Crippen LogP contribution in [0.1, 0.15) is 6.42 Å². The van der Waals surface area contributed by atoms with E-state index in [9.17, 15) is 0 Å². The summed E-state index contributed by atoms with van der Waals surface area (Å²) in [5.41, 5.74) is 0. The molecular weight excluding hydrogens is 259 g/mol. The summed E-state index contributed by atoms with van der Waals surface area (Å²) >= 11 is 2.20. The van der Waals surface area contributed by atoms with Gasteiger partial charge in [-0.1, -0.05) is 0 Å². The maximum absolute atomic E-state index is 5.52. The van der Waals surface area contributed by atoms with Crippen LogP contribution in [0.5, 0.6) is 0 Å². The van der Waals surface area contributed by atoms with Gasteiger partial charge in [0.1, 0.15) is 0 Å². The van der Waals surface area contributed by atoms with Crippen LogP contribution in [0, 0.1) is 0 Å². The molecule has 0 unspecified atom stereocenters. The second kappa shape index (κ2) is 6.44. The van der Waals surface area contributed by atoms with Crippen molar-refractivity contribution in [2.24, 2.45) is 0 Å². The van der Waals surface area contributed by atoms with Crippen molar-refractivity contribution < 1.29 is 24.9 Å². The summed E-state index contributed by atoms with van der Waals surface area (Å²) in [5.74, 6) is 0. The Kier molecular flexibility index (Phi) is 8.11. The van der Waals surface area contributed by atoms with Gasteiger partial charge >= 0.3 is 81.0 Å². The van der Waals surface area contributed by atoms with E-state index in [1.54, 1.807) is 0 Å². The molecule has 0 aromatic heterocycles. The fraction of sp³-hybridized carbons (Fsp3) is 0.500. The molecule has 0 aromatic carbocycles. The van der Waals surface area contributed by atoms with E-state index in [0.29, 0.717) is 0 Å². The summed E-state index contributed by atoms with van der Waals surface area (Å²) in [5, 5.41) is 1.47. The number of hydrogen-bond acceptors (Lipinski definition) is 1. The minimum Gasteiger partial charge on any atom is -0.147 e. The van der Waals surface area contributed by atoms with Gasteiger partial charge in [0, 0.05) is 0 Å². The first-order valence-electron chi connectivity index (χ1n) is 3.75. The molecule has 0 amide bonds. The molecule has 0 fully saturated rings. The third-order valence-electron chi connectivity index (χ3n) is 2.09. The fourth-order valence-electron chi connectivity index (χ4n) is 1.18. The van der Waals surface area contributed by atoms with Gasteiger partial charge in [0.05, 0.1) is 0 Å². The second-order valence-corrected chi connectivity index (χ2v) is 8.12. The van der Waals surface area contributed by atoms with Gasteiger partial charge in [0.25, 0.3) is 0 Å². The summed E-state index contributed by atoms with van der Waals surface area (Å²) < 4.78 is 7.01. The van der Waals surface area contributed by atoms with E-state index in [1.165, 1.54) is 9.07 Å². The smallest absolute Gasteiger partial charge is 0.147 e. The van der Waals surface area contributed by atoms with Crippen molar-refractivity contribution in [3.05, 3.63) is 21.2 Å². The van der Waals surface area contributed by atoms with E-state index in [-0.39, 0.29) is 24.8 Å². The third-order valence-corrected chi connectivity index (χ3v) is 6.01. The summed E-state index contributed by atoms with van der Waals surface area (Å²) in [7, 11) is 0.304. The Morgan fingerprint density at radius 2 is 1.92 bits per heavy atom. The van der Waals surface area contributed by atoms with Gasteiger partial charge in [0.2, 0.25) is 0 Å². The average molecular weight is 274 g/mol. The Labute approximate surface area is 105 Å². The van der Waals surface area contributed by atoms with Crippen LogP contribution in [0.25, 0.3) is 0 Å². The van der Waals surface area contributed by atoms with E-state index in [1.807, 2.05) is 7.11 Å². The molecule has 0 heterocycles. The number of hydrogen-bond donors (Lipinski definition) is 0. The van der Waals surface area contributed by atoms with Crippen molar-refractivity contribution in [1.29, 1.82) is 0 Å². The van der Waals surface area contributed by atoms with Gasteiger partial charge in [-0.25, -0.2) is 0 Å². The van der Waals surface area contributed by atoms with Crippen LogP contribution < -0.4 is 0 Å². The van der Waals surface area contributed by atoms with Gasteiger partial charge in [-0.15, -0.1) is 24.8 Å². The molecule has 1 nitrogen and oxygen atoms in total. The van der Waals surface area contributed by atoms with Crippen LogP contribution in [0.3, 0.4) is 0 Å². The summed E-state index contributed by atoms with van der Waals surface area (Å²) in [4.78, 5) is 0. The minimum atomic E-state index is -1.51. The Morgan fingerprint density at radius 3 is 2.23 bits per heavy atom. The van der Waals surface area contributed by atoms with Gasteiger partial charge < -0.3 is 0 Å². The van der Waals surface area contributed by atoms with Crippen LogP contribution in [-0.4, -0.2) is 15.4 Å². The molecular formula is C8H15Cl2OSiTi. The van der Waals surface area contributed by atoms with E-state index in [2.05, 4.69) is 45.7 Å². The van der Waals surface area contributed by atoms with Crippen LogP contribution in [-0.2, 0) is 24.9 Å². The molecule has 0 saturated carbocycles. The van der Waals surface area contributed by atoms with Crippen molar-refractivity contribution in [3.8, 4) is 0 Å². The Balaban J connectivity index is 0. The fourth-order valence-corrected chi connectivity index (χ4v) is 4.47. The van der Waals surface area contributed by atoms with Crippen molar-refractivity contribution in [3.63, 3.8) is 0 Å². The number of allylic oxidation sites excluding steroid dienone is 4. The SMILES string of the molecule is CO[Si](C)(C)C1=[C]([Ti])CC=C1.Cl.Cl. The molecule has 13 heavy (non-hydrogen) atoms. The molecule has 0 bridgehead atoms. The second-order valence-electron chi connectivity index (χ2n) is 3.21. The van der Waals surface area contributed by atoms with E-state index < -0.39 is 8.32 Å².